The van der Waals surface area contributed by atoms with Crippen molar-refractivity contribution in [3.8, 4) is 0 Å². The van der Waals surface area contributed by atoms with Crippen LogP contribution in [0.4, 0.5) is 0 Å². The Morgan fingerprint density at radius 3 is 2.41 bits per heavy atom. The van der Waals surface area contributed by atoms with E-state index >= 15 is 0 Å². The molecule has 1 nitrogen and oxygen atoms in total. The fourth-order valence-corrected chi connectivity index (χ4v) is 6.50. The molecule has 3 saturated carbocycles. The third-order valence-corrected chi connectivity index (χ3v) is 8.99. The van der Waals surface area contributed by atoms with Gasteiger partial charge in [0.15, 0.2) is 0 Å². The molecule has 1 heteroatoms. The second-order valence-corrected chi connectivity index (χ2v) is 11.3. The van der Waals surface area contributed by atoms with Gasteiger partial charge in [0.1, 0.15) is 0 Å². The standard InChI is InChI=1S/C28H46O/c1-19(2)20(3)9-10-22(5)26-15-16-27-23(8-7-17-28(26,27)6)12-13-24-18-25(29)14-11-21(24)4/h9-10,12-13,19-22,25-27,29H,7-8,11,14-18H2,1-6H3/b10-9+,23-12+,24-13-/t20-,21-,22+,25-,26-,27+,28+/m1/s1. The average Bonchev–Trinajstić information content (AvgIpc) is 3.04. The molecule has 0 unspecified atom stereocenters. The van der Waals surface area contributed by atoms with Crippen molar-refractivity contribution in [2.24, 2.45) is 40.9 Å². The van der Waals surface area contributed by atoms with Crippen molar-refractivity contribution in [2.75, 3.05) is 0 Å². The minimum atomic E-state index is -0.121. The minimum Gasteiger partial charge on any atom is -0.393 e. The topological polar surface area (TPSA) is 20.2 Å². The summed E-state index contributed by atoms with van der Waals surface area (Å²) in [6.45, 7) is 14.4. The first-order valence-corrected chi connectivity index (χ1v) is 12.5. The summed E-state index contributed by atoms with van der Waals surface area (Å²) in [6, 6.07) is 0. The van der Waals surface area contributed by atoms with Crippen LogP contribution in [0.2, 0.25) is 0 Å². The number of hydrogen-bond donors (Lipinski definition) is 1. The van der Waals surface area contributed by atoms with Gasteiger partial charge in [-0.05, 0) is 92.3 Å². The van der Waals surface area contributed by atoms with Gasteiger partial charge in [0.25, 0.3) is 0 Å². The molecule has 0 aromatic carbocycles. The van der Waals surface area contributed by atoms with Crippen LogP contribution >= 0.6 is 0 Å². The van der Waals surface area contributed by atoms with Gasteiger partial charge in [-0.25, -0.2) is 0 Å². The van der Waals surface area contributed by atoms with Crippen LogP contribution in [0, 0.1) is 40.9 Å². The Labute approximate surface area is 180 Å². The minimum absolute atomic E-state index is 0.121. The molecule has 0 amide bonds. The van der Waals surface area contributed by atoms with Crippen LogP contribution in [0.5, 0.6) is 0 Å². The highest BCUT2D eigenvalue weighted by Gasteiger charge is 2.50. The van der Waals surface area contributed by atoms with Crippen molar-refractivity contribution >= 4 is 0 Å². The Hall–Kier alpha value is -0.820. The molecule has 3 fully saturated rings. The van der Waals surface area contributed by atoms with E-state index in [0.29, 0.717) is 23.2 Å². The maximum Gasteiger partial charge on any atom is 0.0577 e. The van der Waals surface area contributed by atoms with E-state index in [1.54, 1.807) is 5.57 Å². The number of aliphatic hydroxyl groups is 1. The Morgan fingerprint density at radius 1 is 0.966 bits per heavy atom. The van der Waals surface area contributed by atoms with Crippen LogP contribution in [0.3, 0.4) is 0 Å². The maximum atomic E-state index is 10.1. The zero-order chi connectivity index (χ0) is 21.2. The Balaban J connectivity index is 1.74. The molecular formula is C28H46O. The van der Waals surface area contributed by atoms with E-state index in [1.807, 2.05) is 0 Å². The van der Waals surface area contributed by atoms with Crippen LogP contribution in [0.15, 0.2) is 35.5 Å². The van der Waals surface area contributed by atoms with Crippen LogP contribution in [-0.4, -0.2) is 11.2 Å². The molecular weight excluding hydrogens is 352 g/mol. The lowest BCUT2D eigenvalue weighted by Crippen LogP contribution is -2.35. The molecule has 0 saturated heterocycles. The third kappa shape index (κ3) is 5.09. The van der Waals surface area contributed by atoms with Crippen molar-refractivity contribution < 1.29 is 5.11 Å². The van der Waals surface area contributed by atoms with Crippen LogP contribution < -0.4 is 0 Å². The summed E-state index contributed by atoms with van der Waals surface area (Å²) in [5, 5.41) is 10.1. The number of aliphatic hydroxyl groups excluding tert-OH is 1. The summed E-state index contributed by atoms with van der Waals surface area (Å²) >= 11 is 0. The number of allylic oxidation sites excluding steroid dienone is 5. The molecule has 0 spiro atoms. The van der Waals surface area contributed by atoms with Crippen LogP contribution in [0.25, 0.3) is 0 Å². The molecule has 29 heavy (non-hydrogen) atoms. The monoisotopic (exact) mass is 398 g/mol. The van der Waals surface area contributed by atoms with Gasteiger partial charge in [-0.3, -0.25) is 0 Å². The van der Waals surface area contributed by atoms with Gasteiger partial charge in [0.05, 0.1) is 6.10 Å². The lowest BCUT2D eigenvalue weighted by molar-refractivity contribution is 0.112. The van der Waals surface area contributed by atoms with Gasteiger partial charge in [-0.2, -0.15) is 0 Å². The van der Waals surface area contributed by atoms with E-state index in [0.717, 1.165) is 37.0 Å². The number of rotatable bonds is 5. The van der Waals surface area contributed by atoms with Crippen LogP contribution in [-0.2, 0) is 0 Å². The maximum absolute atomic E-state index is 10.1. The third-order valence-electron chi connectivity index (χ3n) is 8.99. The average molecular weight is 399 g/mol. The molecule has 0 aromatic rings. The summed E-state index contributed by atoms with van der Waals surface area (Å²) in [4.78, 5) is 0. The quantitative estimate of drug-likeness (QED) is 0.470. The molecule has 3 rings (SSSR count). The molecule has 0 heterocycles. The molecule has 3 aliphatic carbocycles. The van der Waals surface area contributed by atoms with Crippen molar-refractivity contribution in [1.82, 2.24) is 0 Å². The second kappa shape index (κ2) is 9.54. The van der Waals surface area contributed by atoms with E-state index in [4.69, 9.17) is 0 Å². The summed E-state index contributed by atoms with van der Waals surface area (Å²) in [5.41, 5.74) is 3.63. The molecule has 1 N–H and O–H groups in total. The van der Waals surface area contributed by atoms with Crippen molar-refractivity contribution in [1.29, 1.82) is 0 Å². The highest BCUT2D eigenvalue weighted by molar-refractivity contribution is 5.27. The molecule has 7 atom stereocenters. The van der Waals surface area contributed by atoms with E-state index in [-0.39, 0.29) is 6.10 Å². The zero-order valence-electron chi connectivity index (χ0n) is 20.0. The van der Waals surface area contributed by atoms with Gasteiger partial charge < -0.3 is 5.11 Å². The van der Waals surface area contributed by atoms with E-state index in [2.05, 4.69) is 65.8 Å². The fraction of sp³-hybridized carbons (Fsp3) is 0.786. The fourth-order valence-electron chi connectivity index (χ4n) is 6.50. The molecule has 0 aliphatic heterocycles. The molecule has 0 aromatic heterocycles. The lowest BCUT2D eigenvalue weighted by Gasteiger charge is -2.44. The first-order valence-electron chi connectivity index (χ1n) is 12.5. The van der Waals surface area contributed by atoms with E-state index in [9.17, 15) is 5.11 Å². The van der Waals surface area contributed by atoms with Gasteiger partial charge >= 0.3 is 0 Å². The molecule has 0 bridgehead atoms. The molecule has 164 valence electrons. The van der Waals surface area contributed by atoms with Gasteiger partial charge in [-0.15, -0.1) is 0 Å². The van der Waals surface area contributed by atoms with Crippen molar-refractivity contribution in [3.05, 3.63) is 35.5 Å². The predicted octanol–water partition coefficient (Wildman–Crippen LogP) is 7.72. The molecule has 3 aliphatic rings. The van der Waals surface area contributed by atoms with Crippen molar-refractivity contribution in [2.45, 2.75) is 99.0 Å². The predicted molar refractivity (Wildman–Crippen MR) is 126 cm³/mol. The van der Waals surface area contributed by atoms with E-state index < -0.39 is 0 Å². The Bertz CT molecular complexity index is 639. The SMILES string of the molecule is CC(C)[C@H](C)/C=C/[C@H](C)[C@H]1CC[C@H]2/C(=C/C=C3/C[C@H](O)CC[C@H]3C)CCC[C@@]12C. The normalized spacial score (nSPS) is 40.7. The highest BCUT2D eigenvalue weighted by Crippen LogP contribution is 2.59. The Morgan fingerprint density at radius 2 is 1.69 bits per heavy atom. The highest BCUT2D eigenvalue weighted by atomic mass is 16.3. The lowest BCUT2D eigenvalue weighted by atomic mass is 9.61. The first kappa shape index (κ1) is 22.9. The molecule has 0 radical (unpaired) electrons. The first-order chi connectivity index (χ1) is 13.7. The van der Waals surface area contributed by atoms with Gasteiger partial charge in [0, 0.05) is 0 Å². The summed E-state index contributed by atoms with van der Waals surface area (Å²) in [7, 11) is 0. The second-order valence-electron chi connectivity index (χ2n) is 11.3. The van der Waals surface area contributed by atoms with E-state index in [1.165, 1.54) is 37.7 Å². The summed E-state index contributed by atoms with van der Waals surface area (Å²) < 4.78 is 0. The number of hydrogen-bond acceptors (Lipinski definition) is 1. The smallest absolute Gasteiger partial charge is 0.0577 e. The zero-order valence-corrected chi connectivity index (χ0v) is 20.0. The largest absolute Gasteiger partial charge is 0.393 e. The van der Waals surface area contributed by atoms with Crippen LogP contribution in [0.1, 0.15) is 92.9 Å². The van der Waals surface area contributed by atoms with Gasteiger partial charge in [-0.1, -0.05) is 77.0 Å². The summed E-state index contributed by atoms with van der Waals surface area (Å²) in [5.74, 6) is 4.29. The van der Waals surface area contributed by atoms with Gasteiger partial charge in [0.2, 0.25) is 0 Å². The summed E-state index contributed by atoms with van der Waals surface area (Å²) in [6.07, 6.45) is 19.5. The number of fused-ring (bicyclic) bond motifs is 1. The van der Waals surface area contributed by atoms with Crippen molar-refractivity contribution in [3.63, 3.8) is 0 Å². The Kier molecular flexibility index (Phi) is 7.52.